The molecule has 0 aromatic heterocycles. The van der Waals surface area contributed by atoms with Crippen LogP contribution in [0.15, 0.2) is 11.6 Å². The number of cyclic esters (lactones) is 1. The lowest BCUT2D eigenvalue weighted by atomic mass is 9.43. The van der Waals surface area contributed by atoms with Gasteiger partial charge in [-0.1, -0.05) is 13.8 Å². The molecule has 4 saturated heterocycles. The van der Waals surface area contributed by atoms with Gasteiger partial charge in [0.05, 0.1) is 54.9 Å². The Morgan fingerprint density at radius 2 is 1.33 bits per heavy atom. The zero-order chi connectivity index (χ0) is 49.5. The first-order valence-corrected chi connectivity index (χ1v) is 25.3. The summed E-state index contributed by atoms with van der Waals surface area (Å²) in [7, 11) is 0. The molecule has 4 unspecified atom stereocenters. The maximum absolute atomic E-state index is 12.6. The van der Waals surface area contributed by atoms with Crippen molar-refractivity contribution in [3.8, 4) is 0 Å². The van der Waals surface area contributed by atoms with Gasteiger partial charge in [-0.25, -0.2) is 4.79 Å². The van der Waals surface area contributed by atoms with Crippen molar-refractivity contribution in [1.82, 2.24) is 0 Å². The highest BCUT2D eigenvalue weighted by molar-refractivity contribution is 5.85. The van der Waals surface area contributed by atoms with E-state index in [1.54, 1.807) is 13.8 Å². The van der Waals surface area contributed by atoms with E-state index < -0.39 is 134 Å². The molecule has 392 valence electrons. The summed E-state index contributed by atoms with van der Waals surface area (Å²) >= 11 is 0. The molecule has 0 spiro atoms. The molecule has 9 rings (SSSR count). The minimum absolute atomic E-state index is 0.000687. The molecule has 4 saturated carbocycles. The van der Waals surface area contributed by atoms with Crippen LogP contribution in [0.3, 0.4) is 0 Å². The van der Waals surface area contributed by atoms with Gasteiger partial charge in [0.1, 0.15) is 55.4 Å². The predicted octanol–water partition coefficient (Wildman–Crippen LogP) is 0.613. The third-order valence-corrected chi connectivity index (χ3v) is 18.2. The zero-order valence-electron chi connectivity index (χ0n) is 40.5. The van der Waals surface area contributed by atoms with E-state index in [2.05, 4.69) is 13.8 Å². The number of aliphatic hydroxyl groups is 8. The Labute approximate surface area is 402 Å². The van der Waals surface area contributed by atoms with E-state index in [-0.39, 0.29) is 55.2 Å². The van der Waals surface area contributed by atoms with Gasteiger partial charge in [0, 0.05) is 50.0 Å². The normalized spacial score (nSPS) is 53.3. The monoisotopic (exact) mass is 984 g/mol. The SMILES string of the molecule is CC(=O)O[C@H]1C[C@H](O[C@H]2[C@@H](O)C[C@H](O[C@H]3[C@@H](O)C[C@H](OC4CC[C@@]5(C)C(CC[C@@H]6[C@@H]5CC[C@]5(C)[C@@H](C7=CC(=O)OC7)C(O)CC65O)C4)O[C@@H]3C)O[C@@H]2C)O[C@H](C)[C@H]1O[C@@H]1O[C@H](CO)[C@@H](O)[C@H](O)[C@H]1O. The predicted molar refractivity (Wildman–Crippen MR) is 235 cm³/mol. The first-order valence-electron chi connectivity index (χ1n) is 25.3. The molecule has 8 N–H and O–H groups in total. The smallest absolute Gasteiger partial charge is 0.331 e. The van der Waals surface area contributed by atoms with E-state index in [0.29, 0.717) is 18.3 Å². The Morgan fingerprint density at radius 1 is 0.710 bits per heavy atom. The van der Waals surface area contributed by atoms with Crippen molar-refractivity contribution in [3.05, 3.63) is 11.6 Å². The van der Waals surface area contributed by atoms with Crippen molar-refractivity contribution < 1.29 is 97.8 Å². The number of esters is 2. The van der Waals surface area contributed by atoms with E-state index in [0.717, 1.165) is 50.5 Å². The second kappa shape index (κ2) is 20.0. The topological polar surface area (TPSA) is 288 Å². The summed E-state index contributed by atoms with van der Waals surface area (Å²) in [6.07, 6.45) is -10.8. The molecule has 0 radical (unpaired) electrons. The van der Waals surface area contributed by atoms with Crippen LogP contribution in [0.5, 0.6) is 0 Å². The van der Waals surface area contributed by atoms with Crippen molar-refractivity contribution in [3.63, 3.8) is 0 Å². The second-order valence-corrected chi connectivity index (χ2v) is 22.3. The molecule has 0 aromatic carbocycles. The van der Waals surface area contributed by atoms with Gasteiger partial charge >= 0.3 is 11.9 Å². The maximum atomic E-state index is 12.6. The Hall–Kier alpha value is -1.96. The molecular formula is C49H76O20. The first-order chi connectivity index (χ1) is 32.6. The van der Waals surface area contributed by atoms with Crippen LogP contribution in [0.4, 0.5) is 0 Å². The molecular weight excluding hydrogens is 909 g/mol. The fourth-order valence-corrected chi connectivity index (χ4v) is 14.7. The van der Waals surface area contributed by atoms with Crippen LogP contribution in [-0.4, -0.2) is 188 Å². The molecule has 5 aliphatic heterocycles. The average molecular weight is 985 g/mol. The number of fused-ring (bicyclic) bond motifs is 5. The minimum atomic E-state index is -1.68. The number of ether oxygens (including phenoxy) is 10. The minimum Gasteiger partial charge on any atom is -0.459 e. The van der Waals surface area contributed by atoms with Gasteiger partial charge in [0.2, 0.25) is 0 Å². The summed E-state index contributed by atoms with van der Waals surface area (Å²) in [4.78, 5) is 24.2. The second-order valence-electron chi connectivity index (χ2n) is 22.3. The molecule has 8 fully saturated rings. The summed E-state index contributed by atoms with van der Waals surface area (Å²) in [5, 5.41) is 87.5. The quantitative estimate of drug-likeness (QED) is 0.104. The fraction of sp³-hybridized carbons (Fsp3) is 0.918. The summed E-state index contributed by atoms with van der Waals surface area (Å²) in [6, 6.07) is 0. The fourth-order valence-electron chi connectivity index (χ4n) is 14.7. The Kier molecular flexibility index (Phi) is 15.1. The summed E-state index contributed by atoms with van der Waals surface area (Å²) < 4.78 is 60.1. The van der Waals surface area contributed by atoms with Crippen LogP contribution in [0, 0.1) is 34.5 Å². The highest BCUT2D eigenvalue weighted by atomic mass is 16.8. The molecule has 0 amide bonds. The van der Waals surface area contributed by atoms with Gasteiger partial charge < -0.3 is 88.2 Å². The van der Waals surface area contributed by atoms with E-state index >= 15 is 0 Å². The van der Waals surface area contributed by atoms with Gasteiger partial charge in [-0.15, -0.1) is 0 Å². The Balaban J connectivity index is 0.749. The van der Waals surface area contributed by atoms with Crippen molar-refractivity contribution in [1.29, 1.82) is 0 Å². The summed E-state index contributed by atoms with van der Waals surface area (Å²) in [6.45, 7) is 10.4. The van der Waals surface area contributed by atoms with Gasteiger partial charge in [0.25, 0.3) is 0 Å². The van der Waals surface area contributed by atoms with Crippen LogP contribution in [0.25, 0.3) is 0 Å². The summed E-state index contributed by atoms with van der Waals surface area (Å²) in [5.41, 5.74) is -0.809. The van der Waals surface area contributed by atoms with Crippen molar-refractivity contribution in [2.45, 2.75) is 234 Å². The molecule has 69 heavy (non-hydrogen) atoms. The average Bonchev–Trinajstić information content (AvgIpc) is 3.79. The molecule has 0 bridgehead atoms. The molecule has 5 heterocycles. The molecule has 20 nitrogen and oxygen atoms in total. The van der Waals surface area contributed by atoms with E-state index in [4.69, 9.17) is 47.4 Å². The van der Waals surface area contributed by atoms with Gasteiger partial charge in [0.15, 0.2) is 25.2 Å². The number of hydrogen-bond donors (Lipinski definition) is 8. The highest BCUT2D eigenvalue weighted by Gasteiger charge is 2.70. The molecule has 4 aliphatic carbocycles. The number of carbonyl (C=O) groups excluding carboxylic acids is 2. The third kappa shape index (κ3) is 9.59. The lowest BCUT2D eigenvalue weighted by molar-refractivity contribution is -0.355. The van der Waals surface area contributed by atoms with Crippen LogP contribution in [-0.2, 0) is 57.0 Å². The van der Waals surface area contributed by atoms with Gasteiger partial charge in [-0.2, -0.15) is 0 Å². The zero-order valence-corrected chi connectivity index (χ0v) is 40.5. The Morgan fingerprint density at radius 3 is 1.93 bits per heavy atom. The number of carbonyl (C=O) groups is 2. The maximum Gasteiger partial charge on any atom is 0.331 e. The van der Waals surface area contributed by atoms with Crippen LogP contribution in [0.1, 0.15) is 112 Å². The molecule has 20 heteroatoms. The lowest BCUT2D eigenvalue weighted by Gasteiger charge is -2.63. The van der Waals surface area contributed by atoms with Gasteiger partial charge in [-0.05, 0) is 94.5 Å². The first kappa shape index (κ1) is 51.9. The largest absolute Gasteiger partial charge is 0.459 e. The number of rotatable bonds is 11. The van der Waals surface area contributed by atoms with Crippen molar-refractivity contribution in [2.75, 3.05) is 13.2 Å². The van der Waals surface area contributed by atoms with E-state index in [1.807, 2.05) is 6.92 Å². The lowest BCUT2D eigenvalue weighted by Crippen LogP contribution is -2.62. The highest BCUT2D eigenvalue weighted by Crippen LogP contribution is 2.70. The molecule has 26 atom stereocenters. The third-order valence-electron chi connectivity index (χ3n) is 18.2. The van der Waals surface area contributed by atoms with E-state index in [9.17, 15) is 50.4 Å². The van der Waals surface area contributed by atoms with E-state index in [1.165, 1.54) is 13.0 Å². The van der Waals surface area contributed by atoms with Crippen LogP contribution >= 0.6 is 0 Å². The van der Waals surface area contributed by atoms with Gasteiger partial charge in [-0.3, -0.25) is 4.79 Å². The number of hydrogen-bond acceptors (Lipinski definition) is 20. The van der Waals surface area contributed by atoms with Crippen molar-refractivity contribution in [2.24, 2.45) is 34.5 Å². The summed E-state index contributed by atoms with van der Waals surface area (Å²) in [5.74, 6) is -0.609. The van der Waals surface area contributed by atoms with Crippen molar-refractivity contribution >= 4 is 11.9 Å². The Bertz CT molecular complexity index is 1850. The standard InChI is InChI=1S/C49H76O20/c1-21-43(67-37-16-31(53)44(22(2)62-37)68-38-17-33(64-24(4)51)45(23(3)63-38)69-46-42(58)41(57)40(56)34(19-50)66-46)30(52)15-36(61-21)65-27-9-11-47(5)26(14-27)7-8-29-28(47)10-12-48(6)39(25-13-35(55)60-20-25)32(54)18-49(29,48)59/h13,21-23,26-34,36-46,50,52-54,56-59H,7-12,14-20H2,1-6H3/t21-,22-,23-,26?,27?,28+,29-,30+,31+,32?,33+,34-,36+,37+,38+,39+,40-,41+,42-,43-,44-,45-,46+,47+,48-,49?/m1/s1. The van der Waals surface area contributed by atoms with Crippen LogP contribution in [0.2, 0.25) is 0 Å². The molecule has 9 aliphatic rings. The molecule has 0 aromatic rings. The van der Waals surface area contributed by atoms with Crippen LogP contribution < -0.4 is 0 Å². The number of aliphatic hydroxyl groups excluding tert-OH is 7.